The number of nitrogens with zero attached hydrogens (tertiary/aromatic N) is 1. The summed E-state index contributed by atoms with van der Waals surface area (Å²) in [5.41, 5.74) is 3.73. The van der Waals surface area contributed by atoms with Gasteiger partial charge in [0.05, 0.1) is 0 Å². The van der Waals surface area contributed by atoms with Crippen LogP contribution in [0.4, 0.5) is 5.69 Å². The van der Waals surface area contributed by atoms with Crippen LogP contribution in [0.2, 0.25) is 0 Å². The van der Waals surface area contributed by atoms with E-state index >= 15 is 0 Å². The fraction of sp³-hybridized carbons (Fsp3) is 0.267. The van der Waals surface area contributed by atoms with Crippen molar-refractivity contribution >= 4 is 11.6 Å². The van der Waals surface area contributed by atoms with Crippen LogP contribution in [0.5, 0.6) is 0 Å². The van der Waals surface area contributed by atoms with Crippen LogP contribution in [0.1, 0.15) is 21.7 Å². The molecule has 4 heteroatoms. The van der Waals surface area contributed by atoms with Crippen molar-refractivity contribution in [2.24, 2.45) is 7.05 Å². The van der Waals surface area contributed by atoms with E-state index in [0.29, 0.717) is 5.69 Å². The van der Waals surface area contributed by atoms with Crippen molar-refractivity contribution in [3.63, 3.8) is 0 Å². The SMILES string of the molecule is CNCc1ccc(NC(=O)c2ccc(C)n2C)cc1. The van der Waals surface area contributed by atoms with E-state index in [1.807, 2.05) is 62.0 Å². The number of hydrogen-bond acceptors (Lipinski definition) is 2. The smallest absolute Gasteiger partial charge is 0.272 e. The lowest BCUT2D eigenvalue weighted by atomic mass is 10.2. The normalized spacial score (nSPS) is 10.5. The zero-order chi connectivity index (χ0) is 13.8. The second kappa shape index (κ2) is 5.71. The summed E-state index contributed by atoms with van der Waals surface area (Å²) >= 11 is 0. The Kier molecular flexibility index (Phi) is 4.02. The van der Waals surface area contributed by atoms with Crippen LogP contribution in [0.15, 0.2) is 36.4 Å². The second-order valence-corrected chi connectivity index (χ2v) is 4.60. The van der Waals surface area contributed by atoms with Gasteiger partial charge in [-0.1, -0.05) is 12.1 Å². The van der Waals surface area contributed by atoms with Gasteiger partial charge in [0.15, 0.2) is 0 Å². The summed E-state index contributed by atoms with van der Waals surface area (Å²) in [4.78, 5) is 12.1. The van der Waals surface area contributed by atoms with Crippen molar-refractivity contribution in [1.82, 2.24) is 9.88 Å². The topological polar surface area (TPSA) is 46.1 Å². The number of benzene rings is 1. The molecular formula is C15H19N3O. The fourth-order valence-corrected chi connectivity index (χ4v) is 1.95. The zero-order valence-corrected chi connectivity index (χ0v) is 11.5. The Morgan fingerprint density at radius 1 is 1.16 bits per heavy atom. The number of amides is 1. The molecule has 0 unspecified atom stereocenters. The van der Waals surface area contributed by atoms with Crippen molar-refractivity contribution in [1.29, 1.82) is 0 Å². The van der Waals surface area contributed by atoms with Crippen LogP contribution < -0.4 is 10.6 Å². The van der Waals surface area contributed by atoms with E-state index in [2.05, 4.69) is 10.6 Å². The maximum atomic E-state index is 12.1. The third-order valence-electron chi connectivity index (χ3n) is 3.20. The van der Waals surface area contributed by atoms with Gasteiger partial charge in [0.1, 0.15) is 5.69 Å². The Labute approximate surface area is 113 Å². The molecule has 0 aliphatic carbocycles. The molecule has 0 aliphatic rings. The van der Waals surface area contributed by atoms with Crippen molar-refractivity contribution in [2.45, 2.75) is 13.5 Å². The molecule has 2 aromatic rings. The quantitative estimate of drug-likeness (QED) is 0.883. The number of carbonyl (C=O) groups is 1. The summed E-state index contributed by atoms with van der Waals surface area (Å²) in [6.45, 7) is 2.80. The van der Waals surface area contributed by atoms with E-state index in [0.717, 1.165) is 17.9 Å². The molecule has 1 aromatic carbocycles. The van der Waals surface area contributed by atoms with Gasteiger partial charge in [0, 0.05) is 25.0 Å². The Balaban J connectivity index is 2.08. The molecule has 0 bridgehead atoms. The summed E-state index contributed by atoms with van der Waals surface area (Å²) in [6, 6.07) is 11.6. The lowest BCUT2D eigenvalue weighted by molar-refractivity contribution is 0.101. The largest absolute Gasteiger partial charge is 0.344 e. The van der Waals surface area contributed by atoms with E-state index in [1.54, 1.807) is 0 Å². The Morgan fingerprint density at radius 2 is 1.84 bits per heavy atom. The van der Waals surface area contributed by atoms with Gasteiger partial charge >= 0.3 is 0 Å². The average molecular weight is 257 g/mol. The van der Waals surface area contributed by atoms with Crippen LogP contribution in [0, 0.1) is 6.92 Å². The number of carbonyl (C=O) groups excluding carboxylic acids is 1. The van der Waals surface area contributed by atoms with Gasteiger partial charge in [-0.15, -0.1) is 0 Å². The third-order valence-corrected chi connectivity index (χ3v) is 3.20. The van der Waals surface area contributed by atoms with Gasteiger partial charge in [-0.25, -0.2) is 0 Å². The van der Waals surface area contributed by atoms with Crippen LogP contribution in [0.3, 0.4) is 0 Å². The zero-order valence-electron chi connectivity index (χ0n) is 11.5. The molecule has 2 N–H and O–H groups in total. The summed E-state index contributed by atoms with van der Waals surface area (Å²) in [7, 11) is 3.80. The molecule has 4 nitrogen and oxygen atoms in total. The molecule has 0 aliphatic heterocycles. The lowest BCUT2D eigenvalue weighted by Gasteiger charge is -2.08. The van der Waals surface area contributed by atoms with Crippen molar-refractivity contribution in [3.05, 3.63) is 53.3 Å². The molecule has 0 radical (unpaired) electrons. The highest BCUT2D eigenvalue weighted by atomic mass is 16.1. The first kappa shape index (κ1) is 13.4. The molecule has 0 saturated carbocycles. The summed E-state index contributed by atoms with van der Waals surface area (Å²) < 4.78 is 1.88. The first-order valence-electron chi connectivity index (χ1n) is 6.29. The van der Waals surface area contributed by atoms with E-state index < -0.39 is 0 Å². The van der Waals surface area contributed by atoms with Gasteiger partial charge in [-0.05, 0) is 43.8 Å². The molecule has 0 saturated heterocycles. The van der Waals surface area contributed by atoms with Crippen LogP contribution >= 0.6 is 0 Å². The van der Waals surface area contributed by atoms with Crippen molar-refractivity contribution in [2.75, 3.05) is 12.4 Å². The van der Waals surface area contributed by atoms with Gasteiger partial charge in [0.2, 0.25) is 0 Å². The minimum Gasteiger partial charge on any atom is -0.344 e. The first-order valence-corrected chi connectivity index (χ1v) is 6.29. The molecule has 2 rings (SSSR count). The standard InChI is InChI=1S/C15H19N3O/c1-11-4-9-14(18(11)3)15(19)17-13-7-5-12(6-8-13)10-16-2/h4-9,16H,10H2,1-3H3,(H,17,19). The number of nitrogens with one attached hydrogen (secondary N) is 2. The highest BCUT2D eigenvalue weighted by Gasteiger charge is 2.10. The van der Waals surface area contributed by atoms with Gasteiger partial charge in [0.25, 0.3) is 5.91 Å². The van der Waals surface area contributed by atoms with Crippen molar-refractivity contribution < 1.29 is 4.79 Å². The molecule has 100 valence electrons. The Hall–Kier alpha value is -2.07. The summed E-state index contributed by atoms with van der Waals surface area (Å²) in [5.74, 6) is -0.0861. The van der Waals surface area contributed by atoms with E-state index in [9.17, 15) is 4.79 Å². The summed E-state index contributed by atoms with van der Waals surface area (Å²) in [6.07, 6.45) is 0. The number of aromatic nitrogens is 1. The predicted molar refractivity (Wildman–Crippen MR) is 77.3 cm³/mol. The van der Waals surface area contributed by atoms with Gasteiger partial charge < -0.3 is 15.2 Å². The molecule has 0 atom stereocenters. The predicted octanol–water partition coefficient (Wildman–Crippen LogP) is 2.31. The van der Waals surface area contributed by atoms with E-state index in [-0.39, 0.29) is 5.91 Å². The Bertz CT molecular complexity index is 570. The van der Waals surface area contributed by atoms with Crippen LogP contribution in [0.25, 0.3) is 0 Å². The van der Waals surface area contributed by atoms with Gasteiger partial charge in [-0.3, -0.25) is 4.79 Å². The highest BCUT2D eigenvalue weighted by Crippen LogP contribution is 2.12. The molecular weight excluding hydrogens is 238 g/mol. The number of anilines is 1. The summed E-state index contributed by atoms with van der Waals surface area (Å²) in [5, 5.41) is 5.99. The molecule has 1 aromatic heterocycles. The molecule has 0 fully saturated rings. The van der Waals surface area contributed by atoms with Crippen molar-refractivity contribution in [3.8, 4) is 0 Å². The molecule has 1 heterocycles. The van der Waals surface area contributed by atoms with Gasteiger partial charge in [-0.2, -0.15) is 0 Å². The monoisotopic (exact) mass is 257 g/mol. The molecule has 1 amide bonds. The third kappa shape index (κ3) is 3.03. The minimum absolute atomic E-state index is 0.0861. The van der Waals surface area contributed by atoms with E-state index in [4.69, 9.17) is 0 Å². The highest BCUT2D eigenvalue weighted by molar-refractivity contribution is 6.03. The van der Waals surface area contributed by atoms with E-state index in [1.165, 1.54) is 5.56 Å². The molecule has 0 spiro atoms. The van der Waals surface area contributed by atoms with Crippen LogP contribution in [-0.4, -0.2) is 17.5 Å². The Morgan fingerprint density at radius 3 is 2.37 bits per heavy atom. The second-order valence-electron chi connectivity index (χ2n) is 4.60. The first-order chi connectivity index (χ1) is 9.11. The maximum absolute atomic E-state index is 12.1. The number of hydrogen-bond donors (Lipinski definition) is 2. The number of rotatable bonds is 4. The fourth-order valence-electron chi connectivity index (χ4n) is 1.95. The lowest BCUT2D eigenvalue weighted by Crippen LogP contribution is -2.16. The number of aryl methyl sites for hydroxylation is 1. The maximum Gasteiger partial charge on any atom is 0.272 e. The van der Waals surface area contributed by atoms with Crippen LogP contribution in [-0.2, 0) is 13.6 Å². The minimum atomic E-state index is -0.0861. The molecule has 19 heavy (non-hydrogen) atoms. The average Bonchev–Trinajstić information content (AvgIpc) is 2.73.